The molecule has 2 aromatic heterocycles. The minimum absolute atomic E-state index is 0.661. The van der Waals surface area contributed by atoms with Gasteiger partial charge in [-0.3, -0.25) is 0 Å². The van der Waals surface area contributed by atoms with E-state index >= 15 is 0 Å². The fourth-order valence-corrected chi connectivity index (χ4v) is 4.27. The normalized spacial score (nSPS) is 19.1. The van der Waals surface area contributed by atoms with Crippen molar-refractivity contribution in [1.29, 1.82) is 0 Å². The number of benzene rings is 1. The highest BCUT2D eigenvalue weighted by atomic mass is 16.3. The SMILES string of the molecule is CCn1ncc2cc3c(nc21)C(O)(CCCN(C)C)c1ccccc1CC3. The van der Waals surface area contributed by atoms with Gasteiger partial charge in [-0.25, -0.2) is 9.67 Å². The number of aryl methyl sites for hydroxylation is 3. The molecule has 0 amide bonds. The molecule has 5 nitrogen and oxygen atoms in total. The molecule has 4 rings (SSSR count). The molecule has 27 heavy (non-hydrogen) atoms. The van der Waals surface area contributed by atoms with Crippen molar-refractivity contribution in [2.45, 2.75) is 44.8 Å². The van der Waals surface area contributed by atoms with Crippen LogP contribution >= 0.6 is 0 Å². The van der Waals surface area contributed by atoms with Crippen LogP contribution in [0.25, 0.3) is 11.0 Å². The number of pyridine rings is 1. The molecule has 3 aromatic rings. The van der Waals surface area contributed by atoms with E-state index < -0.39 is 5.60 Å². The van der Waals surface area contributed by atoms with Crippen molar-refractivity contribution in [2.24, 2.45) is 0 Å². The van der Waals surface area contributed by atoms with Crippen LogP contribution in [-0.2, 0) is 25.0 Å². The molecule has 1 unspecified atom stereocenters. The maximum absolute atomic E-state index is 12.0. The minimum Gasteiger partial charge on any atom is -0.379 e. The van der Waals surface area contributed by atoms with E-state index in [0.29, 0.717) is 6.42 Å². The number of hydrogen-bond donors (Lipinski definition) is 1. The number of nitrogens with zero attached hydrogens (tertiary/aromatic N) is 4. The highest BCUT2D eigenvalue weighted by molar-refractivity contribution is 5.76. The van der Waals surface area contributed by atoms with Crippen molar-refractivity contribution in [3.8, 4) is 0 Å². The fraction of sp³-hybridized carbons (Fsp3) is 0.455. The maximum Gasteiger partial charge on any atom is 0.158 e. The number of aliphatic hydroxyl groups is 1. The average molecular weight is 364 g/mol. The van der Waals surface area contributed by atoms with Gasteiger partial charge in [0.25, 0.3) is 0 Å². The molecule has 1 N–H and O–H groups in total. The lowest BCUT2D eigenvalue weighted by molar-refractivity contribution is 0.0616. The van der Waals surface area contributed by atoms with E-state index in [1.807, 2.05) is 16.9 Å². The van der Waals surface area contributed by atoms with E-state index in [-0.39, 0.29) is 0 Å². The van der Waals surface area contributed by atoms with E-state index in [2.05, 4.69) is 55.3 Å². The second kappa shape index (κ2) is 7.06. The molecular formula is C22H28N4O. The second-order valence-electron chi connectivity index (χ2n) is 7.79. The summed E-state index contributed by atoms with van der Waals surface area (Å²) in [5, 5.41) is 17.5. The van der Waals surface area contributed by atoms with E-state index in [0.717, 1.165) is 60.2 Å². The van der Waals surface area contributed by atoms with Crippen molar-refractivity contribution in [3.63, 3.8) is 0 Å². The molecule has 1 aromatic carbocycles. The molecule has 5 heteroatoms. The molecule has 0 saturated heterocycles. The average Bonchev–Trinajstić information content (AvgIpc) is 3.02. The van der Waals surface area contributed by atoms with Crippen LogP contribution in [0.1, 0.15) is 42.1 Å². The van der Waals surface area contributed by atoms with Gasteiger partial charge in [0, 0.05) is 11.9 Å². The van der Waals surface area contributed by atoms with Crippen molar-refractivity contribution in [3.05, 3.63) is 58.9 Å². The van der Waals surface area contributed by atoms with Crippen molar-refractivity contribution in [1.82, 2.24) is 19.7 Å². The molecule has 0 aliphatic heterocycles. The molecule has 0 spiro atoms. The topological polar surface area (TPSA) is 54.2 Å². The van der Waals surface area contributed by atoms with E-state index in [1.165, 1.54) is 5.56 Å². The second-order valence-corrected chi connectivity index (χ2v) is 7.79. The Balaban J connectivity index is 1.89. The van der Waals surface area contributed by atoms with Crippen LogP contribution in [-0.4, -0.2) is 45.4 Å². The van der Waals surface area contributed by atoms with Crippen LogP contribution in [0, 0.1) is 0 Å². The first-order valence-corrected chi connectivity index (χ1v) is 9.84. The highest BCUT2D eigenvalue weighted by Gasteiger charge is 2.38. The van der Waals surface area contributed by atoms with Gasteiger partial charge in [-0.05, 0) is 76.0 Å². The Morgan fingerprint density at radius 3 is 2.74 bits per heavy atom. The van der Waals surface area contributed by atoms with Crippen molar-refractivity contribution in [2.75, 3.05) is 20.6 Å². The summed E-state index contributed by atoms with van der Waals surface area (Å²) >= 11 is 0. The van der Waals surface area contributed by atoms with Crippen LogP contribution in [0.5, 0.6) is 0 Å². The van der Waals surface area contributed by atoms with Crippen LogP contribution in [0.3, 0.4) is 0 Å². The zero-order valence-electron chi connectivity index (χ0n) is 16.4. The van der Waals surface area contributed by atoms with Crippen LogP contribution in [0.4, 0.5) is 0 Å². The monoisotopic (exact) mass is 364 g/mol. The zero-order chi connectivity index (χ0) is 19.0. The number of fused-ring (bicyclic) bond motifs is 3. The Morgan fingerprint density at radius 2 is 1.96 bits per heavy atom. The molecular weight excluding hydrogens is 336 g/mol. The van der Waals surface area contributed by atoms with E-state index in [1.54, 1.807) is 0 Å². The summed E-state index contributed by atoms with van der Waals surface area (Å²) in [6.07, 6.45) is 5.27. The first kappa shape index (κ1) is 18.1. The number of rotatable bonds is 5. The predicted molar refractivity (Wildman–Crippen MR) is 108 cm³/mol. The smallest absolute Gasteiger partial charge is 0.158 e. The first-order valence-electron chi connectivity index (χ1n) is 9.84. The van der Waals surface area contributed by atoms with Crippen LogP contribution < -0.4 is 0 Å². The van der Waals surface area contributed by atoms with Gasteiger partial charge < -0.3 is 10.0 Å². The Labute approximate surface area is 160 Å². The Kier molecular flexibility index (Phi) is 4.74. The molecule has 142 valence electrons. The maximum atomic E-state index is 12.0. The predicted octanol–water partition coefficient (Wildman–Crippen LogP) is 3.13. The van der Waals surface area contributed by atoms with E-state index in [9.17, 15) is 5.11 Å². The zero-order valence-corrected chi connectivity index (χ0v) is 16.4. The van der Waals surface area contributed by atoms with Gasteiger partial charge in [0.15, 0.2) is 5.65 Å². The summed E-state index contributed by atoms with van der Waals surface area (Å²) in [5.74, 6) is 0. The summed E-state index contributed by atoms with van der Waals surface area (Å²) in [6.45, 7) is 3.78. The summed E-state index contributed by atoms with van der Waals surface area (Å²) in [4.78, 5) is 7.16. The van der Waals surface area contributed by atoms with Gasteiger partial charge in [0.1, 0.15) is 5.60 Å². The van der Waals surface area contributed by atoms with Gasteiger partial charge in [-0.15, -0.1) is 0 Å². The van der Waals surface area contributed by atoms with Crippen LogP contribution in [0.2, 0.25) is 0 Å². The Hall–Kier alpha value is -2.24. The van der Waals surface area contributed by atoms with Crippen molar-refractivity contribution >= 4 is 11.0 Å². The largest absolute Gasteiger partial charge is 0.379 e. The third-order valence-electron chi connectivity index (χ3n) is 5.65. The summed E-state index contributed by atoms with van der Waals surface area (Å²) in [5.41, 5.74) is 3.99. The third kappa shape index (κ3) is 3.15. The molecule has 0 fully saturated rings. The molecule has 1 aliphatic carbocycles. The minimum atomic E-state index is -1.06. The quantitative estimate of drug-likeness (QED) is 0.756. The molecule has 1 aliphatic rings. The fourth-order valence-electron chi connectivity index (χ4n) is 4.27. The molecule has 0 radical (unpaired) electrons. The molecule has 0 saturated carbocycles. The first-order chi connectivity index (χ1) is 13.0. The van der Waals surface area contributed by atoms with Crippen molar-refractivity contribution < 1.29 is 5.11 Å². The summed E-state index contributed by atoms with van der Waals surface area (Å²) in [7, 11) is 4.14. The Bertz CT molecular complexity index is 962. The molecule has 2 heterocycles. The van der Waals surface area contributed by atoms with Gasteiger partial charge in [0.2, 0.25) is 0 Å². The summed E-state index contributed by atoms with van der Waals surface area (Å²) < 4.78 is 1.91. The summed E-state index contributed by atoms with van der Waals surface area (Å²) in [6, 6.07) is 10.5. The highest BCUT2D eigenvalue weighted by Crippen LogP contribution is 2.40. The van der Waals surface area contributed by atoms with Crippen LogP contribution in [0.15, 0.2) is 36.5 Å². The number of aromatic nitrogens is 3. The third-order valence-corrected chi connectivity index (χ3v) is 5.65. The van der Waals surface area contributed by atoms with Gasteiger partial charge >= 0.3 is 0 Å². The lowest BCUT2D eigenvalue weighted by Crippen LogP contribution is -2.31. The number of hydrogen-bond acceptors (Lipinski definition) is 4. The standard InChI is InChI=1S/C22H28N4O/c1-4-26-21-18(15-23-26)14-17-11-10-16-8-5-6-9-19(16)22(27,20(17)24-21)12-7-13-25(2)3/h5-6,8-9,14-15,27H,4,7,10-13H2,1-3H3. The molecule has 1 atom stereocenters. The van der Waals surface area contributed by atoms with Gasteiger partial charge in [-0.2, -0.15) is 5.10 Å². The molecule has 0 bridgehead atoms. The van der Waals surface area contributed by atoms with Gasteiger partial charge in [-0.1, -0.05) is 24.3 Å². The lowest BCUT2D eigenvalue weighted by atomic mass is 9.83. The van der Waals surface area contributed by atoms with E-state index in [4.69, 9.17) is 4.98 Å². The Morgan fingerprint density at radius 1 is 1.19 bits per heavy atom. The van der Waals surface area contributed by atoms with Gasteiger partial charge in [0.05, 0.1) is 11.9 Å². The lowest BCUT2D eigenvalue weighted by Gasteiger charge is -2.30.